The van der Waals surface area contributed by atoms with Gasteiger partial charge in [0.2, 0.25) is 0 Å². The van der Waals surface area contributed by atoms with Crippen LogP contribution in [0, 0.1) is 0 Å². The lowest BCUT2D eigenvalue weighted by molar-refractivity contribution is -0.0498. The van der Waals surface area contributed by atoms with Crippen molar-refractivity contribution in [2.75, 3.05) is 6.61 Å². The van der Waals surface area contributed by atoms with Crippen molar-refractivity contribution in [3.05, 3.63) is 29.8 Å². The summed E-state index contributed by atoms with van der Waals surface area (Å²) in [6, 6.07) is 5.73. The second-order valence-electron chi connectivity index (χ2n) is 5.04. The van der Waals surface area contributed by atoms with E-state index in [9.17, 15) is 13.6 Å². The van der Waals surface area contributed by atoms with Crippen molar-refractivity contribution in [3.63, 3.8) is 0 Å². The molecule has 0 saturated carbocycles. The van der Waals surface area contributed by atoms with Crippen molar-refractivity contribution in [1.82, 2.24) is 5.32 Å². The van der Waals surface area contributed by atoms with Crippen molar-refractivity contribution in [1.29, 1.82) is 0 Å². The van der Waals surface area contributed by atoms with Crippen LogP contribution in [-0.2, 0) is 4.74 Å². The molecule has 6 heteroatoms. The molecule has 1 heterocycles. The van der Waals surface area contributed by atoms with Gasteiger partial charge in [-0.1, -0.05) is 6.07 Å². The van der Waals surface area contributed by atoms with Gasteiger partial charge < -0.3 is 14.8 Å². The average Bonchev–Trinajstić information content (AvgIpc) is 2.69. The predicted molar refractivity (Wildman–Crippen MR) is 69.0 cm³/mol. The third-order valence-electron chi connectivity index (χ3n) is 3.61. The molecule has 1 aromatic carbocycles. The van der Waals surface area contributed by atoms with E-state index in [2.05, 4.69) is 10.1 Å². The van der Waals surface area contributed by atoms with Gasteiger partial charge in [0.25, 0.3) is 5.91 Å². The highest BCUT2D eigenvalue weighted by atomic mass is 19.3. The first-order valence-corrected chi connectivity index (χ1v) is 6.40. The molecule has 20 heavy (non-hydrogen) atoms. The molecule has 4 nitrogen and oxygen atoms in total. The highest BCUT2D eigenvalue weighted by molar-refractivity contribution is 5.95. The standard InChI is InChI=1S/C14H17F2NO3/c1-9-14(2,6-7-19-9)17-12(18)10-4-3-5-11(8-10)20-13(15)16/h3-5,8-9,13H,6-7H2,1-2H3,(H,17,18)/t9-,14-/m1/s1. The molecule has 1 amide bonds. The first-order valence-electron chi connectivity index (χ1n) is 6.40. The Bertz CT molecular complexity index is 495. The Morgan fingerprint density at radius 1 is 1.55 bits per heavy atom. The van der Waals surface area contributed by atoms with Crippen LogP contribution in [0.5, 0.6) is 5.75 Å². The van der Waals surface area contributed by atoms with Crippen molar-refractivity contribution < 1.29 is 23.0 Å². The molecule has 1 fully saturated rings. The zero-order chi connectivity index (χ0) is 14.8. The normalized spacial score (nSPS) is 25.8. The van der Waals surface area contributed by atoms with Crippen molar-refractivity contribution in [2.45, 2.75) is 38.5 Å². The fourth-order valence-corrected chi connectivity index (χ4v) is 2.14. The van der Waals surface area contributed by atoms with Gasteiger partial charge in [0.05, 0.1) is 11.6 Å². The summed E-state index contributed by atoms with van der Waals surface area (Å²) < 4.78 is 34.0. The maximum absolute atomic E-state index is 12.2. The molecular formula is C14H17F2NO3. The Kier molecular flexibility index (Phi) is 4.23. The van der Waals surface area contributed by atoms with E-state index in [1.807, 2.05) is 13.8 Å². The Labute approximate surface area is 116 Å². The minimum absolute atomic E-state index is 0.0338. The van der Waals surface area contributed by atoms with Gasteiger partial charge >= 0.3 is 6.61 Å². The van der Waals surface area contributed by atoms with Crippen LogP contribution >= 0.6 is 0 Å². The van der Waals surface area contributed by atoms with Crippen molar-refractivity contribution >= 4 is 5.91 Å². The predicted octanol–water partition coefficient (Wildman–Crippen LogP) is 2.59. The Hall–Kier alpha value is -1.69. The Morgan fingerprint density at radius 2 is 2.30 bits per heavy atom. The second kappa shape index (κ2) is 5.75. The molecule has 1 N–H and O–H groups in total. The molecule has 0 bridgehead atoms. The molecule has 1 saturated heterocycles. The van der Waals surface area contributed by atoms with E-state index < -0.39 is 12.2 Å². The Balaban J connectivity index is 2.09. The molecule has 0 spiro atoms. The summed E-state index contributed by atoms with van der Waals surface area (Å²) in [7, 11) is 0. The van der Waals surface area contributed by atoms with Crippen molar-refractivity contribution in [3.8, 4) is 5.75 Å². The molecule has 2 atom stereocenters. The van der Waals surface area contributed by atoms with Gasteiger partial charge in [0.15, 0.2) is 0 Å². The van der Waals surface area contributed by atoms with Crippen LogP contribution in [0.1, 0.15) is 30.6 Å². The molecule has 2 rings (SSSR count). The van der Waals surface area contributed by atoms with E-state index in [1.165, 1.54) is 18.2 Å². The van der Waals surface area contributed by atoms with E-state index in [-0.39, 0.29) is 23.3 Å². The van der Waals surface area contributed by atoms with E-state index >= 15 is 0 Å². The van der Waals surface area contributed by atoms with Crippen LogP contribution in [-0.4, -0.2) is 30.8 Å². The van der Waals surface area contributed by atoms with Crippen LogP contribution in [0.25, 0.3) is 0 Å². The van der Waals surface area contributed by atoms with Gasteiger partial charge in [0.1, 0.15) is 5.75 Å². The number of carbonyl (C=O) groups excluding carboxylic acids is 1. The van der Waals surface area contributed by atoms with Crippen LogP contribution in [0.3, 0.4) is 0 Å². The first kappa shape index (κ1) is 14.7. The summed E-state index contributed by atoms with van der Waals surface area (Å²) in [5.74, 6) is -0.363. The number of halogens is 2. The van der Waals surface area contributed by atoms with Gasteiger partial charge in [-0.25, -0.2) is 0 Å². The number of hydrogen-bond donors (Lipinski definition) is 1. The number of ether oxygens (including phenoxy) is 2. The van der Waals surface area contributed by atoms with E-state index in [4.69, 9.17) is 4.74 Å². The SMILES string of the molecule is C[C@H]1OCC[C@@]1(C)NC(=O)c1cccc(OC(F)F)c1. The lowest BCUT2D eigenvalue weighted by Gasteiger charge is -2.28. The lowest BCUT2D eigenvalue weighted by Crippen LogP contribution is -2.50. The van der Waals surface area contributed by atoms with Crippen LogP contribution in [0.15, 0.2) is 24.3 Å². The summed E-state index contributed by atoms with van der Waals surface area (Å²) in [6.45, 7) is 1.48. The molecule has 0 unspecified atom stereocenters. The lowest BCUT2D eigenvalue weighted by atomic mass is 9.94. The largest absolute Gasteiger partial charge is 0.435 e. The number of rotatable bonds is 4. The quantitative estimate of drug-likeness (QED) is 0.925. The van der Waals surface area contributed by atoms with E-state index in [0.717, 1.165) is 0 Å². The molecule has 1 aliphatic heterocycles. The van der Waals surface area contributed by atoms with Gasteiger partial charge in [-0.3, -0.25) is 4.79 Å². The topological polar surface area (TPSA) is 47.6 Å². The average molecular weight is 285 g/mol. The van der Waals surface area contributed by atoms with E-state index in [1.54, 1.807) is 6.07 Å². The summed E-state index contributed by atoms with van der Waals surface area (Å²) in [5, 5.41) is 2.89. The van der Waals surface area contributed by atoms with E-state index in [0.29, 0.717) is 13.0 Å². The maximum atomic E-state index is 12.2. The van der Waals surface area contributed by atoms with Crippen LogP contribution in [0.4, 0.5) is 8.78 Å². The molecule has 0 radical (unpaired) electrons. The fourth-order valence-electron chi connectivity index (χ4n) is 2.14. The number of alkyl halides is 2. The monoisotopic (exact) mass is 285 g/mol. The van der Waals surface area contributed by atoms with Gasteiger partial charge in [-0.05, 0) is 38.5 Å². The highest BCUT2D eigenvalue weighted by Gasteiger charge is 2.38. The third-order valence-corrected chi connectivity index (χ3v) is 3.61. The molecular weight excluding hydrogens is 268 g/mol. The smallest absolute Gasteiger partial charge is 0.387 e. The number of benzene rings is 1. The Morgan fingerprint density at radius 3 is 2.90 bits per heavy atom. The molecule has 1 aliphatic rings. The van der Waals surface area contributed by atoms with Crippen molar-refractivity contribution in [2.24, 2.45) is 0 Å². The minimum Gasteiger partial charge on any atom is -0.435 e. The second-order valence-corrected chi connectivity index (χ2v) is 5.04. The third kappa shape index (κ3) is 3.25. The molecule has 0 aliphatic carbocycles. The molecule has 1 aromatic rings. The number of amides is 1. The van der Waals surface area contributed by atoms with Gasteiger partial charge in [-0.15, -0.1) is 0 Å². The van der Waals surface area contributed by atoms with Gasteiger partial charge in [-0.2, -0.15) is 8.78 Å². The zero-order valence-electron chi connectivity index (χ0n) is 11.4. The van der Waals surface area contributed by atoms with Crippen LogP contribution < -0.4 is 10.1 Å². The summed E-state index contributed by atoms with van der Waals surface area (Å²) in [5.41, 5.74) is -0.167. The molecule has 0 aromatic heterocycles. The fraction of sp³-hybridized carbons (Fsp3) is 0.500. The first-order chi connectivity index (χ1) is 9.40. The zero-order valence-corrected chi connectivity index (χ0v) is 11.4. The summed E-state index contributed by atoms with van der Waals surface area (Å²) >= 11 is 0. The van der Waals surface area contributed by atoms with Gasteiger partial charge in [0, 0.05) is 12.2 Å². The van der Waals surface area contributed by atoms with Crippen LogP contribution in [0.2, 0.25) is 0 Å². The minimum atomic E-state index is -2.91. The number of nitrogens with one attached hydrogen (secondary N) is 1. The maximum Gasteiger partial charge on any atom is 0.387 e. The summed E-state index contributed by atoms with van der Waals surface area (Å²) in [6.07, 6.45) is 0.625. The molecule has 110 valence electrons. The highest BCUT2D eigenvalue weighted by Crippen LogP contribution is 2.26. The number of carbonyl (C=O) groups is 1. The number of hydrogen-bond acceptors (Lipinski definition) is 3. The summed E-state index contributed by atoms with van der Waals surface area (Å²) in [4.78, 5) is 12.2.